The Labute approximate surface area is 198 Å². The van der Waals surface area contributed by atoms with Gasteiger partial charge in [-0.3, -0.25) is 0 Å². The summed E-state index contributed by atoms with van der Waals surface area (Å²) in [6.45, 7) is 3.14. The molecule has 0 unspecified atom stereocenters. The molecule has 0 atom stereocenters. The van der Waals surface area contributed by atoms with Crippen LogP contribution in [-0.4, -0.2) is 29.2 Å². The van der Waals surface area contributed by atoms with Crippen LogP contribution in [0.1, 0.15) is 29.5 Å². The third-order valence-corrected chi connectivity index (χ3v) is 5.91. The van der Waals surface area contributed by atoms with Crippen LogP contribution in [0.15, 0.2) is 42.6 Å². The van der Waals surface area contributed by atoms with Crippen LogP contribution in [0.3, 0.4) is 0 Å². The third-order valence-electron chi connectivity index (χ3n) is 5.91. The number of aromatic hydroxyl groups is 1. The molecule has 0 spiro atoms. The number of aromatic nitrogens is 1. The molecule has 168 valence electrons. The molecule has 1 fully saturated rings. The lowest BCUT2D eigenvalue weighted by atomic mass is 9.91. The number of benzene rings is 2. The van der Waals surface area contributed by atoms with Crippen molar-refractivity contribution in [3.05, 3.63) is 65.1 Å². The smallest absolute Gasteiger partial charge is 0.147 e. The predicted octanol–water partition coefficient (Wildman–Crippen LogP) is 4.66. The summed E-state index contributed by atoms with van der Waals surface area (Å²) in [5, 5.41) is 29.5. The Hall–Kier alpha value is -3.65. The molecule has 1 saturated heterocycles. The van der Waals surface area contributed by atoms with Gasteiger partial charge in [-0.15, -0.1) is 12.4 Å². The molecule has 33 heavy (non-hydrogen) atoms. The van der Waals surface area contributed by atoms with Gasteiger partial charge in [0.25, 0.3) is 0 Å². The number of hydrogen-bond donors (Lipinski definition) is 2. The standard InChI is InChI=1S/C25H22FN5O.ClH/c1-15-2-3-16(11-23(15)32)21-14-30-25(31-8-6-19(29)7-9-31)20(13-28)24(21)17-4-5-18(12-27)22(26)10-17;/h2-5,10-11,14,19,32H,6-9,29H2,1H3;1H. The van der Waals surface area contributed by atoms with Crippen LogP contribution in [0.2, 0.25) is 0 Å². The van der Waals surface area contributed by atoms with E-state index in [-0.39, 0.29) is 29.8 Å². The molecule has 0 aliphatic carbocycles. The lowest BCUT2D eigenvalue weighted by molar-refractivity contribution is 0.471. The molecule has 2 aromatic carbocycles. The van der Waals surface area contributed by atoms with Crippen molar-refractivity contribution in [1.29, 1.82) is 10.5 Å². The molecule has 4 rings (SSSR count). The number of halogens is 2. The zero-order chi connectivity index (χ0) is 22.8. The number of aryl methyl sites for hydroxylation is 1. The summed E-state index contributed by atoms with van der Waals surface area (Å²) in [4.78, 5) is 6.63. The largest absolute Gasteiger partial charge is 0.508 e. The molecule has 3 N–H and O–H groups in total. The number of phenolic OH excluding ortho intramolecular Hbond substituents is 1. The lowest BCUT2D eigenvalue weighted by Gasteiger charge is -2.32. The summed E-state index contributed by atoms with van der Waals surface area (Å²) in [7, 11) is 0. The maximum absolute atomic E-state index is 14.5. The molecular weight excluding hydrogens is 441 g/mol. The van der Waals surface area contributed by atoms with Gasteiger partial charge in [0, 0.05) is 36.5 Å². The van der Waals surface area contributed by atoms with Crippen LogP contribution in [0.4, 0.5) is 10.2 Å². The van der Waals surface area contributed by atoms with Gasteiger partial charge in [0.05, 0.1) is 5.56 Å². The van der Waals surface area contributed by atoms with Gasteiger partial charge in [0.15, 0.2) is 0 Å². The average molecular weight is 464 g/mol. The second-order valence-electron chi connectivity index (χ2n) is 7.99. The molecule has 0 saturated carbocycles. The number of hydrogen-bond acceptors (Lipinski definition) is 6. The van der Waals surface area contributed by atoms with E-state index in [0.717, 1.165) is 18.4 Å². The van der Waals surface area contributed by atoms with E-state index in [1.54, 1.807) is 31.3 Å². The molecule has 1 aromatic heterocycles. The Bertz CT molecular complexity index is 1270. The summed E-state index contributed by atoms with van der Waals surface area (Å²) in [5.74, 6) is -0.0137. The zero-order valence-corrected chi connectivity index (χ0v) is 18.9. The second-order valence-corrected chi connectivity index (χ2v) is 7.99. The molecule has 0 bridgehead atoms. The van der Waals surface area contributed by atoms with E-state index >= 15 is 0 Å². The first kappa shape index (κ1) is 24.0. The highest BCUT2D eigenvalue weighted by molar-refractivity contribution is 5.90. The molecule has 0 amide bonds. The van der Waals surface area contributed by atoms with Crippen molar-refractivity contribution < 1.29 is 9.50 Å². The van der Waals surface area contributed by atoms with Gasteiger partial charge in [0.2, 0.25) is 0 Å². The van der Waals surface area contributed by atoms with Crippen molar-refractivity contribution in [2.45, 2.75) is 25.8 Å². The van der Waals surface area contributed by atoms with Crippen LogP contribution in [0.5, 0.6) is 5.75 Å². The Balaban J connectivity index is 0.00000306. The molecule has 1 aliphatic heterocycles. The van der Waals surface area contributed by atoms with Gasteiger partial charge in [0.1, 0.15) is 35.1 Å². The quantitative estimate of drug-likeness (QED) is 0.584. The average Bonchev–Trinajstić information content (AvgIpc) is 2.80. The first-order valence-corrected chi connectivity index (χ1v) is 10.4. The first-order chi connectivity index (χ1) is 15.4. The number of phenols is 1. The van der Waals surface area contributed by atoms with Gasteiger partial charge in [-0.2, -0.15) is 10.5 Å². The topological polar surface area (TPSA) is 110 Å². The maximum atomic E-state index is 14.5. The fraction of sp³-hybridized carbons (Fsp3) is 0.240. The third kappa shape index (κ3) is 4.61. The maximum Gasteiger partial charge on any atom is 0.147 e. The number of pyridine rings is 1. The van der Waals surface area contributed by atoms with E-state index in [1.165, 1.54) is 12.1 Å². The summed E-state index contributed by atoms with van der Waals surface area (Å²) >= 11 is 0. The van der Waals surface area contributed by atoms with E-state index < -0.39 is 5.82 Å². The van der Waals surface area contributed by atoms with Crippen LogP contribution >= 0.6 is 12.4 Å². The van der Waals surface area contributed by atoms with Gasteiger partial charge >= 0.3 is 0 Å². The van der Waals surface area contributed by atoms with Crippen molar-refractivity contribution in [2.24, 2.45) is 5.73 Å². The molecule has 8 heteroatoms. The zero-order valence-electron chi connectivity index (χ0n) is 18.0. The number of rotatable bonds is 3. The van der Waals surface area contributed by atoms with E-state index in [1.807, 2.05) is 17.0 Å². The Morgan fingerprint density at radius 2 is 1.79 bits per heavy atom. The van der Waals surface area contributed by atoms with Crippen LogP contribution in [-0.2, 0) is 0 Å². The predicted molar refractivity (Wildman–Crippen MR) is 128 cm³/mol. The number of piperidine rings is 1. The van der Waals surface area contributed by atoms with Crippen molar-refractivity contribution in [1.82, 2.24) is 4.98 Å². The minimum atomic E-state index is -0.658. The Kier molecular flexibility index (Phi) is 7.18. The minimum absolute atomic E-state index is 0. The number of nitrogens with two attached hydrogens (primary N) is 1. The highest BCUT2D eigenvalue weighted by Gasteiger charge is 2.25. The number of nitriles is 2. The highest BCUT2D eigenvalue weighted by atomic mass is 35.5. The van der Waals surface area contributed by atoms with Gasteiger partial charge in [-0.1, -0.05) is 18.2 Å². The molecular formula is C25H23ClFN5O. The van der Waals surface area contributed by atoms with Crippen LogP contribution in [0, 0.1) is 35.4 Å². The van der Waals surface area contributed by atoms with Gasteiger partial charge in [-0.05, 0) is 54.7 Å². The Morgan fingerprint density at radius 1 is 1.09 bits per heavy atom. The first-order valence-electron chi connectivity index (χ1n) is 10.4. The molecule has 1 aliphatic rings. The van der Waals surface area contributed by atoms with Crippen LogP contribution < -0.4 is 10.6 Å². The van der Waals surface area contributed by atoms with E-state index in [9.17, 15) is 14.8 Å². The normalized spacial score (nSPS) is 13.7. The van der Waals surface area contributed by atoms with Crippen molar-refractivity contribution in [2.75, 3.05) is 18.0 Å². The van der Waals surface area contributed by atoms with Crippen molar-refractivity contribution in [3.63, 3.8) is 0 Å². The van der Waals surface area contributed by atoms with Crippen molar-refractivity contribution >= 4 is 18.2 Å². The number of anilines is 1. The van der Waals surface area contributed by atoms with Crippen molar-refractivity contribution in [3.8, 4) is 40.1 Å². The van der Waals surface area contributed by atoms with E-state index in [0.29, 0.717) is 46.7 Å². The molecule has 2 heterocycles. The fourth-order valence-electron chi connectivity index (χ4n) is 4.02. The lowest BCUT2D eigenvalue weighted by Crippen LogP contribution is -2.40. The van der Waals surface area contributed by atoms with Gasteiger partial charge in [-0.25, -0.2) is 9.37 Å². The molecule has 6 nitrogen and oxygen atoms in total. The summed E-state index contributed by atoms with van der Waals surface area (Å²) in [6, 6.07) is 13.7. The monoisotopic (exact) mass is 463 g/mol. The number of nitrogens with zero attached hydrogens (tertiary/aromatic N) is 4. The highest BCUT2D eigenvalue weighted by Crippen LogP contribution is 2.40. The van der Waals surface area contributed by atoms with Crippen LogP contribution in [0.25, 0.3) is 22.3 Å². The van der Waals surface area contributed by atoms with Gasteiger partial charge < -0.3 is 15.7 Å². The minimum Gasteiger partial charge on any atom is -0.508 e. The summed E-state index contributed by atoms with van der Waals surface area (Å²) < 4.78 is 14.5. The molecule has 3 aromatic rings. The second kappa shape index (κ2) is 9.87. The SMILES string of the molecule is Cc1ccc(-c2cnc(N3CCC(N)CC3)c(C#N)c2-c2ccc(C#N)c(F)c2)cc1O.Cl. The molecule has 0 radical (unpaired) electrons. The van der Waals surface area contributed by atoms with E-state index in [4.69, 9.17) is 11.0 Å². The van der Waals surface area contributed by atoms with E-state index in [2.05, 4.69) is 11.1 Å². The summed E-state index contributed by atoms with van der Waals surface area (Å²) in [5.41, 5.74) is 9.23. The fourth-order valence-corrected chi connectivity index (χ4v) is 4.02. The Morgan fingerprint density at radius 3 is 2.39 bits per heavy atom. The summed E-state index contributed by atoms with van der Waals surface area (Å²) in [6.07, 6.45) is 3.24.